The summed E-state index contributed by atoms with van der Waals surface area (Å²) in [6.07, 6.45) is 0. The first-order chi connectivity index (χ1) is 35.6. The normalized spacial score (nSPS) is 11.8. The summed E-state index contributed by atoms with van der Waals surface area (Å²) in [5, 5.41) is 6.06. The lowest BCUT2D eigenvalue weighted by Crippen LogP contribution is -2.41. The third-order valence-corrected chi connectivity index (χ3v) is 14.0. The fourth-order valence-electron chi connectivity index (χ4n) is 10.5. The van der Waals surface area contributed by atoms with Crippen molar-refractivity contribution in [2.45, 2.75) is 6.92 Å². The van der Waals surface area contributed by atoms with Crippen LogP contribution in [0.5, 0.6) is 0 Å². The van der Waals surface area contributed by atoms with Gasteiger partial charge in [0.2, 0.25) is 0 Å². The Labute approximate surface area is 421 Å². The Bertz CT molecular complexity index is 3880. The zero-order chi connectivity index (χ0) is 48.0. The molecule has 12 aromatic rings. The minimum absolute atomic E-state index is 0.821. The number of furan rings is 1. The number of rotatable bonds is 10. The van der Waals surface area contributed by atoms with Crippen LogP contribution in [-0.2, 0) is 0 Å². The van der Waals surface area contributed by atoms with Crippen molar-refractivity contribution in [2.75, 3.05) is 15.1 Å². The van der Waals surface area contributed by atoms with E-state index in [2.05, 4.69) is 290 Å². The van der Waals surface area contributed by atoms with Gasteiger partial charge in [-0.2, -0.15) is 0 Å². The molecule has 0 aliphatic carbocycles. The maximum atomic E-state index is 6.97. The molecule has 0 unspecified atom stereocenters. The maximum Gasteiger partial charge on any atom is 0.197 e. The number of anilines is 8. The summed E-state index contributed by atoms with van der Waals surface area (Å²) in [5.74, 6) is 0. The Morgan fingerprint density at radius 2 is 0.958 bits per heavy atom. The van der Waals surface area contributed by atoms with Crippen LogP contribution in [-0.4, -0.2) is 7.28 Å². The Hall–Kier alpha value is -9.32. The van der Waals surface area contributed by atoms with Crippen molar-refractivity contribution >= 4 is 85.6 Å². The molecule has 1 N–H and O–H groups in total. The minimum atomic E-state index is 0.821. The molecular weight excluding hydrogens is 874 g/mol. The van der Waals surface area contributed by atoms with Gasteiger partial charge in [-0.25, -0.2) is 0 Å². The fraction of sp³-hybridized carbons (Fsp3) is 0.0149. The van der Waals surface area contributed by atoms with Crippen LogP contribution >= 0.6 is 0 Å². The van der Waals surface area contributed by atoms with E-state index in [0.717, 1.165) is 106 Å². The first-order valence-corrected chi connectivity index (χ1v) is 24.6. The Kier molecular flexibility index (Phi) is 10.8. The molecule has 72 heavy (non-hydrogen) atoms. The van der Waals surface area contributed by atoms with Crippen LogP contribution in [0.2, 0.25) is 0 Å². The van der Waals surface area contributed by atoms with Crippen molar-refractivity contribution in [3.8, 4) is 44.5 Å². The molecule has 2 heterocycles. The summed E-state index contributed by atoms with van der Waals surface area (Å²) in [6, 6.07) is 93.2. The molecule has 1 aromatic heterocycles. The van der Waals surface area contributed by atoms with Gasteiger partial charge in [-0.15, -0.1) is 0 Å². The lowest BCUT2D eigenvalue weighted by molar-refractivity contribution is 0.669. The van der Waals surface area contributed by atoms with Crippen molar-refractivity contribution in [1.29, 1.82) is 0 Å². The van der Waals surface area contributed by atoms with Gasteiger partial charge in [-0.05, 0) is 136 Å². The number of hydrogen-bond donors (Lipinski definition) is 1. The summed E-state index contributed by atoms with van der Waals surface area (Å²) in [7, 11) is 2.40. The molecule has 11 aromatic carbocycles. The number of fused-ring (bicyclic) bond motifs is 6. The molecule has 13 rings (SSSR count). The third kappa shape index (κ3) is 7.78. The molecule has 4 nitrogen and oxygen atoms in total. The molecule has 1 aliphatic heterocycles. The van der Waals surface area contributed by atoms with Gasteiger partial charge in [0.1, 0.15) is 11.2 Å². The van der Waals surface area contributed by atoms with Crippen LogP contribution in [0.1, 0.15) is 5.56 Å². The number of nitrogens with zero attached hydrogens (tertiary/aromatic N) is 2. The third-order valence-electron chi connectivity index (χ3n) is 14.0. The van der Waals surface area contributed by atoms with Crippen LogP contribution in [0.25, 0.3) is 66.4 Å². The van der Waals surface area contributed by atoms with Gasteiger partial charge >= 0.3 is 0 Å². The van der Waals surface area contributed by atoms with E-state index < -0.39 is 0 Å². The molecule has 0 saturated heterocycles. The van der Waals surface area contributed by atoms with Crippen LogP contribution in [0.4, 0.5) is 45.5 Å². The smallest absolute Gasteiger partial charge is 0.197 e. The van der Waals surface area contributed by atoms with E-state index in [9.17, 15) is 0 Å². The molecule has 0 amide bonds. The standard InChI is InChI=1S/C67H47BN3O/c1-45-41-50(47-21-9-3-10-22-47)34-40-61(45)71-62-43-55(70(53-25-13-5-14-26-53)54-27-15-6-16-28-54)37-39-59(62)68-66-58(44-64-65(67(66)71)57-29-17-18-30-63(57)72-64)56-38-33-51(48-23-11-4-12-24-48)42-60(56)69-52-35-31-49(32-36-52)46-19-7-2-8-20-46/h2-44,69H,1H3. The van der Waals surface area contributed by atoms with E-state index in [1.54, 1.807) is 0 Å². The van der Waals surface area contributed by atoms with Crippen molar-refractivity contribution in [2.24, 2.45) is 0 Å². The average molecular weight is 921 g/mol. The van der Waals surface area contributed by atoms with Crippen LogP contribution in [0.15, 0.2) is 265 Å². The summed E-state index contributed by atoms with van der Waals surface area (Å²) in [4.78, 5) is 4.85. The highest BCUT2D eigenvalue weighted by Gasteiger charge is 2.33. The highest BCUT2D eigenvalue weighted by atomic mass is 16.3. The van der Waals surface area contributed by atoms with Crippen molar-refractivity contribution < 1.29 is 4.42 Å². The minimum Gasteiger partial charge on any atom is -0.456 e. The fourth-order valence-corrected chi connectivity index (χ4v) is 10.5. The molecule has 1 radical (unpaired) electrons. The second kappa shape index (κ2) is 18.2. The number of hydrogen-bond acceptors (Lipinski definition) is 4. The van der Waals surface area contributed by atoms with Crippen molar-refractivity contribution in [3.05, 3.63) is 266 Å². The zero-order valence-corrected chi connectivity index (χ0v) is 39.7. The average Bonchev–Trinajstić information content (AvgIpc) is 3.82. The lowest BCUT2D eigenvalue weighted by Gasteiger charge is -2.37. The molecule has 0 saturated carbocycles. The summed E-state index contributed by atoms with van der Waals surface area (Å²) in [6.45, 7) is 2.24. The predicted octanol–water partition coefficient (Wildman–Crippen LogP) is 17.2. The van der Waals surface area contributed by atoms with E-state index in [1.165, 1.54) is 22.3 Å². The summed E-state index contributed by atoms with van der Waals surface area (Å²) >= 11 is 0. The molecular formula is C67H47BN3O. The van der Waals surface area contributed by atoms with Gasteiger partial charge in [0.05, 0.1) is 11.1 Å². The number of nitrogens with one attached hydrogen (secondary N) is 1. The first kappa shape index (κ1) is 42.8. The number of aryl methyl sites for hydroxylation is 1. The van der Waals surface area contributed by atoms with Gasteiger partial charge < -0.3 is 19.5 Å². The molecule has 0 atom stereocenters. The molecule has 339 valence electrons. The van der Waals surface area contributed by atoms with Gasteiger partial charge in [0.25, 0.3) is 0 Å². The van der Waals surface area contributed by atoms with E-state index in [1.807, 2.05) is 0 Å². The number of para-hydroxylation sites is 3. The van der Waals surface area contributed by atoms with Gasteiger partial charge in [0, 0.05) is 50.8 Å². The Morgan fingerprint density at radius 1 is 0.417 bits per heavy atom. The monoisotopic (exact) mass is 920 g/mol. The Morgan fingerprint density at radius 3 is 1.60 bits per heavy atom. The van der Waals surface area contributed by atoms with Crippen LogP contribution < -0.4 is 26.0 Å². The van der Waals surface area contributed by atoms with Gasteiger partial charge in [0.15, 0.2) is 7.28 Å². The second-order valence-electron chi connectivity index (χ2n) is 18.4. The summed E-state index contributed by atoms with van der Waals surface area (Å²) < 4.78 is 6.97. The molecule has 5 heteroatoms. The maximum absolute atomic E-state index is 6.97. The zero-order valence-electron chi connectivity index (χ0n) is 39.7. The number of benzene rings is 11. The van der Waals surface area contributed by atoms with Gasteiger partial charge in [-0.1, -0.05) is 187 Å². The van der Waals surface area contributed by atoms with E-state index in [4.69, 9.17) is 4.42 Å². The van der Waals surface area contributed by atoms with Crippen LogP contribution in [0, 0.1) is 6.92 Å². The van der Waals surface area contributed by atoms with Gasteiger partial charge in [-0.3, -0.25) is 0 Å². The highest BCUT2D eigenvalue weighted by Crippen LogP contribution is 2.49. The van der Waals surface area contributed by atoms with Crippen LogP contribution in [0.3, 0.4) is 0 Å². The Balaban J connectivity index is 1.06. The van der Waals surface area contributed by atoms with Crippen molar-refractivity contribution in [3.63, 3.8) is 0 Å². The molecule has 0 fully saturated rings. The van der Waals surface area contributed by atoms with Crippen molar-refractivity contribution in [1.82, 2.24) is 0 Å². The molecule has 0 bridgehead atoms. The first-order valence-electron chi connectivity index (χ1n) is 24.6. The van der Waals surface area contributed by atoms with E-state index in [-0.39, 0.29) is 0 Å². The second-order valence-corrected chi connectivity index (χ2v) is 18.4. The largest absolute Gasteiger partial charge is 0.456 e. The summed E-state index contributed by atoms with van der Waals surface area (Å²) in [5.41, 5.74) is 22.6. The lowest BCUT2D eigenvalue weighted by atomic mass is 9.57. The SMILES string of the molecule is Cc1cc(-c2ccccc2)ccc1N1c2cc(N(c3ccccc3)c3ccccc3)ccc2[B]c2c(-c3ccc(-c4ccccc4)cc3Nc3ccc(-c4ccccc4)cc3)cc3oc4ccccc4c3c21. The molecule has 0 spiro atoms. The topological polar surface area (TPSA) is 31.6 Å². The van der Waals surface area contributed by atoms with E-state index in [0.29, 0.717) is 0 Å². The highest BCUT2D eigenvalue weighted by molar-refractivity contribution is 6.74. The van der Waals surface area contributed by atoms with E-state index >= 15 is 0 Å². The quantitative estimate of drug-likeness (QED) is 0.139. The predicted molar refractivity (Wildman–Crippen MR) is 304 cm³/mol. The molecule has 1 aliphatic rings.